The number of benzene rings is 1. The van der Waals surface area contributed by atoms with Crippen LogP contribution in [0.4, 0.5) is 0 Å². The number of hydrogen-bond acceptors (Lipinski definition) is 3. The van der Waals surface area contributed by atoms with E-state index in [4.69, 9.17) is 0 Å². The Bertz CT molecular complexity index is 809. The Morgan fingerprint density at radius 2 is 2.00 bits per heavy atom. The van der Waals surface area contributed by atoms with Crippen molar-refractivity contribution in [3.8, 4) is 11.9 Å². The summed E-state index contributed by atoms with van der Waals surface area (Å²) in [4.78, 5) is 4.58. The second-order valence-corrected chi connectivity index (χ2v) is 5.00. The van der Waals surface area contributed by atoms with E-state index in [0.29, 0.717) is 17.3 Å². The lowest BCUT2D eigenvalue weighted by molar-refractivity contribution is 0.759. The molecule has 3 aromatic rings. The summed E-state index contributed by atoms with van der Waals surface area (Å²) >= 11 is 0. The van der Waals surface area contributed by atoms with Crippen LogP contribution in [0.3, 0.4) is 0 Å². The van der Waals surface area contributed by atoms with Crippen LogP contribution in [0, 0.1) is 11.3 Å². The van der Waals surface area contributed by atoms with Crippen LogP contribution in [0.5, 0.6) is 0 Å². The van der Waals surface area contributed by atoms with Crippen molar-refractivity contribution >= 4 is 10.9 Å². The number of aromatic nitrogens is 3. The Kier molecular flexibility index (Phi) is 2.96. The van der Waals surface area contributed by atoms with Crippen molar-refractivity contribution in [2.75, 3.05) is 0 Å². The second kappa shape index (κ2) is 4.78. The smallest absolute Gasteiger partial charge is 0.155 e. The van der Waals surface area contributed by atoms with Crippen molar-refractivity contribution in [1.82, 2.24) is 14.8 Å². The predicted octanol–water partition coefficient (Wildman–Crippen LogP) is 3.42. The van der Waals surface area contributed by atoms with Gasteiger partial charge in [-0.25, -0.2) is 9.67 Å². The van der Waals surface area contributed by atoms with Crippen molar-refractivity contribution < 1.29 is 0 Å². The van der Waals surface area contributed by atoms with Gasteiger partial charge in [0.25, 0.3) is 0 Å². The van der Waals surface area contributed by atoms with Crippen LogP contribution in [0.1, 0.15) is 31.0 Å². The number of nitriles is 1. The third kappa shape index (κ3) is 2.04. The molecule has 0 bridgehead atoms. The van der Waals surface area contributed by atoms with E-state index in [9.17, 15) is 5.26 Å². The van der Waals surface area contributed by atoms with Crippen molar-refractivity contribution in [2.24, 2.45) is 0 Å². The first-order valence-electron chi connectivity index (χ1n) is 6.55. The molecule has 0 aliphatic heterocycles. The van der Waals surface area contributed by atoms with Crippen molar-refractivity contribution in [3.63, 3.8) is 0 Å². The second-order valence-electron chi connectivity index (χ2n) is 5.00. The summed E-state index contributed by atoms with van der Waals surface area (Å²) in [6.45, 7) is 4.20. The third-order valence-corrected chi connectivity index (χ3v) is 3.26. The first-order chi connectivity index (χ1) is 9.69. The van der Waals surface area contributed by atoms with E-state index < -0.39 is 0 Å². The molecule has 2 aromatic heterocycles. The minimum absolute atomic E-state index is 0.368. The van der Waals surface area contributed by atoms with Crippen LogP contribution in [-0.4, -0.2) is 14.8 Å². The fourth-order valence-corrected chi connectivity index (χ4v) is 2.14. The van der Waals surface area contributed by atoms with Gasteiger partial charge in [-0.15, -0.1) is 0 Å². The van der Waals surface area contributed by atoms with Gasteiger partial charge in [-0.3, -0.25) is 0 Å². The number of pyridine rings is 1. The number of hydrogen-bond donors (Lipinski definition) is 0. The van der Waals surface area contributed by atoms with Gasteiger partial charge in [0.2, 0.25) is 0 Å². The number of fused-ring (bicyclic) bond motifs is 1. The van der Waals surface area contributed by atoms with E-state index in [2.05, 4.69) is 30.0 Å². The molecule has 0 aliphatic rings. The maximum Gasteiger partial charge on any atom is 0.155 e. The van der Waals surface area contributed by atoms with Crippen molar-refractivity contribution in [2.45, 2.75) is 19.8 Å². The monoisotopic (exact) mass is 262 g/mol. The van der Waals surface area contributed by atoms with Crippen molar-refractivity contribution in [3.05, 3.63) is 53.9 Å². The predicted molar refractivity (Wildman–Crippen MR) is 77.7 cm³/mol. The van der Waals surface area contributed by atoms with Gasteiger partial charge >= 0.3 is 0 Å². The fourth-order valence-electron chi connectivity index (χ4n) is 2.14. The molecule has 1 aromatic carbocycles. The lowest BCUT2D eigenvalue weighted by Gasteiger charge is -2.05. The van der Waals surface area contributed by atoms with Crippen LogP contribution >= 0.6 is 0 Å². The summed E-state index contributed by atoms with van der Waals surface area (Å²) in [5, 5.41) is 14.7. The Hall–Kier alpha value is -2.67. The lowest BCUT2D eigenvalue weighted by atomic mass is 10.1. The molecule has 3 rings (SSSR count). The summed E-state index contributed by atoms with van der Waals surface area (Å²) in [6, 6.07) is 13.6. The molecule has 0 fully saturated rings. The Labute approximate surface area is 117 Å². The topological polar surface area (TPSA) is 54.5 Å². The van der Waals surface area contributed by atoms with Gasteiger partial charge in [-0.05, 0) is 18.1 Å². The molecular weight excluding hydrogens is 248 g/mol. The average Bonchev–Trinajstić information content (AvgIpc) is 2.96. The lowest BCUT2D eigenvalue weighted by Crippen LogP contribution is -2.01. The normalized spacial score (nSPS) is 10.9. The highest BCUT2D eigenvalue weighted by Gasteiger charge is 2.09. The van der Waals surface area contributed by atoms with Gasteiger partial charge in [-0.1, -0.05) is 32.0 Å². The molecule has 98 valence electrons. The maximum absolute atomic E-state index is 9.29. The molecule has 0 atom stereocenters. The Balaban J connectivity index is 2.18. The molecule has 0 amide bonds. The molecule has 4 nitrogen and oxygen atoms in total. The highest BCUT2D eigenvalue weighted by molar-refractivity contribution is 5.85. The van der Waals surface area contributed by atoms with Gasteiger partial charge in [0.05, 0.1) is 22.8 Å². The minimum atomic E-state index is 0.368. The summed E-state index contributed by atoms with van der Waals surface area (Å²) in [5.41, 5.74) is 2.44. The van der Waals surface area contributed by atoms with E-state index in [1.165, 1.54) is 0 Å². The molecular formula is C16H14N4. The minimum Gasteiger partial charge on any atom is -0.229 e. The summed E-state index contributed by atoms with van der Waals surface area (Å²) in [5.74, 6) is 1.04. The molecule has 0 aliphatic carbocycles. The largest absolute Gasteiger partial charge is 0.229 e. The van der Waals surface area contributed by atoms with Crippen LogP contribution in [-0.2, 0) is 0 Å². The fraction of sp³-hybridized carbons (Fsp3) is 0.188. The van der Waals surface area contributed by atoms with Crippen LogP contribution in [0.15, 0.2) is 42.6 Å². The zero-order valence-electron chi connectivity index (χ0n) is 11.4. The molecule has 0 unspecified atom stereocenters. The summed E-state index contributed by atoms with van der Waals surface area (Å²) in [6.07, 6.45) is 1.88. The quantitative estimate of drug-likeness (QED) is 0.711. The molecule has 4 heteroatoms. The first-order valence-corrected chi connectivity index (χ1v) is 6.55. The molecule has 0 saturated carbocycles. The molecule has 2 heterocycles. The van der Waals surface area contributed by atoms with Crippen LogP contribution in [0.2, 0.25) is 0 Å². The average molecular weight is 262 g/mol. The van der Waals surface area contributed by atoms with E-state index >= 15 is 0 Å². The standard InChI is InChI=1S/C16H14N4/c1-11(2)14-7-8-20(19-14)16-9-12(10-17)13-5-3-4-6-15(13)18-16/h3-9,11H,1-2H3. The zero-order chi connectivity index (χ0) is 14.1. The van der Waals surface area contributed by atoms with Gasteiger partial charge in [0, 0.05) is 17.6 Å². The van der Waals surface area contributed by atoms with Gasteiger partial charge in [0.15, 0.2) is 5.82 Å². The van der Waals surface area contributed by atoms with E-state index in [-0.39, 0.29) is 0 Å². The van der Waals surface area contributed by atoms with Crippen molar-refractivity contribution in [1.29, 1.82) is 5.26 Å². The van der Waals surface area contributed by atoms with Crippen LogP contribution < -0.4 is 0 Å². The maximum atomic E-state index is 9.29. The van der Waals surface area contributed by atoms with Gasteiger partial charge < -0.3 is 0 Å². The molecule has 0 radical (unpaired) electrons. The van der Waals surface area contributed by atoms with E-state index in [1.807, 2.05) is 36.5 Å². The molecule has 0 spiro atoms. The first kappa shape index (κ1) is 12.4. The van der Waals surface area contributed by atoms with E-state index in [0.717, 1.165) is 16.6 Å². The SMILES string of the molecule is CC(C)c1ccn(-c2cc(C#N)c3ccccc3n2)n1. The third-order valence-electron chi connectivity index (χ3n) is 3.26. The highest BCUT2D eigenvalue weighted by atomic mass is 15.3. The number of nitrogens with zero attached hydrogens (tertiary/aromatic N) is 4. The summed E-state index contributed by atoms with van der Waals surface area (Å²) < 4.78 is 1.72. The summed E-state index contributed by atoms with van der Waals surface area (Å²) in [7, 11) is 0. The van der Waals surface area contributed by atoms with Gasteiger partial charge in [0.1, 0.15) is 0 Å². The Morgan fingerprint density at radius 1 is 1.20 bits per heavy atom. The van der Waals surface area contributed by atoms with Crippen LogP contribution in [0.25, 0.3) is 16.7 Å². The number of rotatable bonds is 2. The Morgan fingerprint density at radius 3 is 2.70 bits per heavy atom. The molecule has 20 heavy (non-hydrogen) atoms. The van der Waals surface area contributed by atoms with Gasteiger partial charge in [-0.2, -0.15) is 10.4 Å². The molecule has 0 saturated heterocycles. The molecule has 0 N–H and O–H groups in total. The number of para-hydroxylation sites is 1. The highest BCUT2D eigenvalue weighted by Crippen LogP contribution is 2.20. The van der Waals surface area contributed by atoms with E-state index in [1.54, 1.807) is 10.7 Å². The zero-order valence-corrected chi connectivity index (χ0v) is 11.4.